The molecule has 1 aromatic carbocycles. The second-order valence-corrected chi connectivity index (χ2v) is 6.04. The minimum atomic E-state index is -1.04. The summed E-state index contributed by atoms with van der Waals surface area (Å²) in [5.74, 6) is -1.04. The van der Waals surface area contributed by atoms with E-state index in [9.17, 15) is 4.79 Å². The van der Waals surface area contributed by atoms with E-state index in [1.54, 1.807) is 7.11 Å². The highest BCUT2D eigenvalue weighted by Crippen LogP contribution is 2.34. The molecule has 0 aliphatic heterocycles. The van der Waals surface area contributed by atoms with Gasteiger partial charge in [0.2, 0.25) is 5.79 Å². The molecule has 5 heteroatoms. The molecule has 0 radical (unpaired) electrons. The van der Waals surface area contributed by atoms with Gasteiger partial charge in [0.25, 0.3) is 0 Å². The van der Waals surface area contributed by atoms with Crippen LogP contribution in [0.25, 0.3) is 0 Å². The van der Waals surface area contributed by atoms with Crippen molar-refractivity contribution in [2.45, 2.75) is 45.4 Å². The Morgan fingerprint density at radius 1 is 1.40 bits per heavy atom. The number of alkyl carbamates (subject to hydrolysis) is 1. The van der Waals surface area contributed by atoms with E-state index in [0.29, 0.717) is 6.42 Å². The van der Waals surface area contributed by atoms with Gasteiger partial charge in [-0.05, 0) is 48.9 Å². The van der Waals surface area contributed by atoms with Gasteiger partial charge >= 0.3 is 6.09 Å². The van der Waals surface area contributed by atoms with E-state index in [4.69, 9.17) is 9.47 Å². The van der Waals surface area contributed by atoms with Crippen LogP contribution in [0.4, 0.5) is 4.79 Å². The molecule has 0 bridgehead atoms. The first-order valence-electron chi connectivity index (χ1n) is 6.75. The largest absolute Gasteiger partial charge is 0.412 e. The monoisotopic (exact) mass is 391 g/mol. The summed E-state index contributed by atoms with van der Waals surface area (Å²) in [7, 11) is 1.57. The molecule has 0 aromatic heterocycles. The lowest BCUT2D eigenvalue weighted by molar-refractivity contribution is -0.199. The van der Waals surface area contributed by atoms with Crippen LogP contribution < -0.4 is 5.32 Å². The van der Waals surface area contributed by atoms with Crippen molar-refractivity contribution in [2.75, 3.05) is 7.11 Å². The summed E-state index contributed by atoms with van der Waals surface area (Å²) in [5.41, 5.74) is 0.879. The molecule has 0 fully saturated rings. The van der Waals surface area contributed by atoms with E-state index in [1.807, 2.05) is 45.0 Å². The molecule has 112 valence electrons. The van der Waals surface area contributed by atoms with Crippen LogP contribution in [0.2, 0.25) is 0 Å². The molecular weight excluding hydrogens is 369 g/mol. The first-order valence-corrected chi connectivity index (χ1v) is 7.82. The maximum absolute atomic E-state index is 12.0. The normalized spacial score (nSPS) is 13.9. The highest BCUT2D eigenvalue weighted by molar-refractivity contribution is 14.1. The van der Waals surface area contributed by atoms with Gasteiger partial charge in [0.15, 0.2) is 0 Å². The third-order valence-corrected chi connectivity index (χ3v) is 3.80. The number of amides is 1. The van der Waals surface area contributed by atoms with Gasteiger partial charge in [0.05, 0.1) is 0 Å². The first kappa shape index (κ1) is 17.2. The highest BCUT2D eigenvalue weighted by atomic mass is 127. The van der Waals surface area contributed by atoms with Crippen molar-refractivity contribution in [2.24, 2.45) is 0 Å². The zero-order valence-electron chi connectivity index (χ0n) is 12.4. The molecule has 0 unspecified atom stereocenters. The molecule has 1 aromatic rings. The number of methoxy groups -OCH3 is 1. The van der Waals surface area contributed by atoms with Crippen LogP contribution in [-0.4, -0.2) is 19.2 Å². The van der Waals surface area contributed by atoms with Gasteiger partial charge in [-0.15, -0.1) is 0 Å². The minimum absolute atomic E-state index is 0.0218. The van der Waals surface area contributed by atoms with Crippen molar-refractivity contribution in [1.29, 1.82) is 0 Å². The van der Waals surface area contributed by atoms with E-state index in [1.165, 1.54) is 0 Å². The SMILES string of the molecule is CCC[C@](OC)(OC(=O)NC(C)C)c1ccccc1I. The maximum Gasteiger partial charge on any atom is 0.410 e. The van der Waals surface area contributed by atoms with Crippen molar-refractivity contribution in [3.63, 3.8) is 0 Å². The molecule has 1 N–H and O–H groups in total. The lowest BCUT2D eigenvalue weighted by Gasteiger charge is -2.33. The van der Waals surface area contributed by atoms with E-state index in [-0.39, 0.29) is 6.04 Å². The van der Waals surface area contributed by atoms with E-state index < -0.39 is 11.9 Å². The molecule has 4 nitrogen and oxygen atoms in total. The van der Waals surface area contributed by atoms with Crippen molar-refractivity contribution < 1.29 is 14.3 Å². The Morgan fingerprint density at radius 2 is 2.05 bits per heavy atom. The molecule has 1 rings (SSSR count). The fraction of sp³-hybridized carbons (Fsp3) is 0.533. The Hall–Kier alpha value is -0.820. The predicted molar refractivity (Wildman–Crippen MR) is 87.5 cm³/mol. The molecule has 1 atom stereocenters. The van der Waals surface area contributed by atoms with Crippen LogP contribution in [0, 0.1) is 3.57 Å². The average Bonchev–Trinajstić information content (AvgIpc) is 2.37. The molecule has 20 heavy (non-hydrogen) atoms. The summed E-state index contributed by atoms with van der Waals surface area (Å²) < 4.78 is 12.2. The number of carbonyl (C=O) groups excluding carboxylic acids is 1. The fourth-order valence-corrected chi connectivity index (χ4v) is 2.81. The van der Waals surface area contributed by atoms with Gasteiger partial charge in [-0.3, -0.25) is 0 Å². The Morgan fingerprint density at radius 3 is 2.55 bits per heavy atom. The second-order valence-electron chi connectivity index (χ2n) is 4.88. The molecule has 1 amide bonds. The number of rotatable bonds is 6. The van der Waals surface area contributed by atoms with Crippen molar-refractivity contribution in [3.8, 4) is 0 Å². The third kappa shape index (κ3) is 4.34. The number of ether oxygens (including phenoxy) is 2. The van der Waals surface area contributed by atoms with E-state index in [2.05, 4.69) is 27.9 Å². The minimum Gasteiger partial charge on any atom is -0.412 e. The van der Waals surface area contributed by atoms with Gasteiger partial charge in [-0.2, -0.15) is 0 Å². The Kier molecular flexibility index (Phi) is 6.75. The summed E-state index contributed by atoms with van der Waals surface area (Å²) in [6, 6.07) is 7.80. The Labute approximate surface area is 134 Å². The lowest BCUT2D eigenvalue weighted by Crippen LogP contribution is -2.41. The van der Waals surface area contributed by atoms with Crippen LogP contribution >= 0.6 is 22.6 Å². The lowest BCUT2D eigenvalue weighted by atomic mass is 10.0. The first-order chi connectivity index (χ1) is 9.45. The van der Waals surface area contributed by atoms with E-state index >= 15 is 0 Å². The molecule has 0 aliphatic carbocycles. The summed E-state index contributed by atoms with van der Waals surface area (Å²) in [6.07, 6.45) is 0.984. The average molecular weight is 391 g/mol. The topological polar surface area (TPSA) is 47.6 Å². The van der Waals surface area contributed by atoms with Gasteiger partial charge < -0.3 is 14.8 Å². The molecule has 0 saturated carbocycles. The van der Waals surface area contributed by atoms with Gasteiger partial charge in [-0.25, -0.2) is 4.79 Å². The maximum atomic E-state index is 12.0. The van der Waals surface area contributed by atoms with Gasteiger partial charge in [-0.1, -0.05) is 25.1 Å². The number of hydrogen-bond acceptors (Lipinski definition) is 3. The van der Waals surface area contributed by atoms with Gasteiger partial charge in [0, 0.05) is 28.7 Å². The summed E-state index contributed by atoms with van der Waals surface area (Å²) in [4.78, 5) is 12.0. The molecular formula is C15H22INO3. The molecule has 0 spiro atoms. The van der Waals surface area contributed by atoms with Crippen molar-refractivity contribution in [3.05, 3.63) is 33.4 Å². The van der Waals surface area contributed by atoms with E-state index in [0.717, 1.165) is 15.6 Å². The zero-order valence-corrected chi connectivity index (χ0v) is 14.6. The zero-order chi connectivity index (χ0) is 15.2. The predicted octanol–water partition coefficient (Wildman–Crippen LogP) is 4.03. The summed E-state index contributed by atoms with van der Waals surface area (Å²) in [6.45, 7) is 5.82. The number of benzene rings is 1. The highest BCUT2D eigenvalue weighted by Gasteiger charge is 2.37. The smallest absolute Gasteiger partial charge is 0.410 e. The fourth-order valence-electron chi connectivity index (χ4n) is 2.01. The molecule has 0 saturated heterocycles. The number of halogens is 1. The molecule has 0 aliphatic rings. The molecule has 0 heterocycles. The van der Waals surface area contributed by atoms with Crippen molar-refractivity contribution >= 4 is 28.7 Å². The number of nitrogens with one attached hydrogen (secondary N) is 1. The van der Waals surface area contributed by atoms with Crippen LogP contribution in [0.1, 0.15) is 39.2 Å². The number of hydrogen-bond donors (Lipinski definition) is 1. The van der Waals surface area contributed by atoms with Crippen LogP contribution in [0.3, 0.4) is 0 Å². The van der Waals surface area contributed by atoms with Crippen LogP contribution in [0.15, 0.2) is 24.3 Å². The quantitative estimate of drug-likeness (QED) is 0.589. The number of carbonyl (C=O) groups is 1. The van der Waals surface area contributed by atoms with Crippen LogP contribution in [-0.2, 0) is 15.3 Å². The standard InChI is InChI=1S/C15H22INO3/c1-5-10-15(19-4,20-14(18)17-11(2)3)12-8-6-7-9-13(12)16/h6-9,11H,5,10H2,1-4H3,(H,17,18)/t15-/m0/s1. The third-order valence-electron chi connectivity index (χ3n) is 2.86. The van der Waals surface area contributed by atoms with Gasteiger partial charge in [0.1, 0.15) is 0 Å². The van der Waals surface area contributed by atoms with Crippen LogP contribution in [0.5, 0.6) is 0 Å². The Balaban J connectivity index is 3.09. The Bertz CT molecular complexity index is 450. The summed E-state index contributed by atoms with van der Waals surface area (Å²) >= 11 is 2.23. The summed E-state index contributed by atoms with van der Waals surface area (Å²) in [5, 5.41) is 2.74. The second kappa shape index (κ2) is 7.83. The van der Waals surface area contributed by atoms with Crippen molar-refractivity contribution in [1.82, 2.24) is 5.32 Å².